The van der Waals surface area contributed by atoms with E-state index in [2.05, 4.69) is 4.72 Å². The molecule has 0 aliphatic carbocycles. The smallest absolute Gasteiger partial charge is 0.238 e. The van der Waals surface area contributed by atoms with Gasteiger partial charge in [-0.2, -0.15) is 0 Å². The third kappa shape index (κ3) is 4.62. The normalized spacial score (nSPS) is 11.6. The Balaban J connectivity index is 1.62. The van der Waals surface area contributed by atoms with Crippen LogP contribution in [0.2, 0.25) is 0 Å². The van der Waals surface area contributed by atoms with Crippen molar-refractivity contribution in [1.82, 2.24) is 4.72 Å². The van der Waals surface area contributed by atoms with Gasteiger partial charge in [0, 0.05) is 11.4 Å². The number of rotatable bonds is 7. The van der Waals surface area contributed by atoms with Crippen molar-refractivity contribution in [2.24, 2.45) is 0 Å². The van der Waals surface area contributed by atoms with Gasteiger partial charge in [-0.1, -0.05) is 12.1 Å². The van der Waals surface area contributed by atoms with Gasteiger partial charge in [-0.3, -0.25) is 4.79 Å². The molecule has 0 aliphatic heterocycles. The Kier molecular flexibility index (Phi) is 5.12. The molecule has 8 heteroatoms. The molecule has 0 saturated heterocycles. The van der Waals surface area contributed by atoms with Crippen LogP contribution < -0.4 is 4.72 Å². The monoisotopic (exact) mass is 379 g/mol. The van der Waals surface area contributed by atoms with Crippen LogP contribution in [0.25, 0.3) is 0 Å². The fourth-order valence-corrected chi connectivity index (χ4v) is 4.28. The average molecular weight is 379 g/mol. The molecular formula is C17H14FNO4S2. The van der Waals surface area contributed by atoms with Crippen molar-refractivity contribution < 1.29 is 22.0 Å². The molecule has 0 atom stereocenters. The lowest BCUT2D eigenvalue weighted by Gasteiger charge is -2.05. The molecule has 0 saturated carbocycles. The van der Waals surface area contributed by atoms with Crippen LogP contribution >= 0.6 is 11.3 Å². The molecule has 130 valence electrons. The van der Waals surface area contributed by atoms with E-state index in [4.69, 9.17) is 4.42 Å². The molecule has 0 amide bonds. The van der Waals surface area contributed by atoms with Crippen LogP contribution in [0.3, 0.4) is 0 Å². The molecule has 1 N–H and O–H groups in total. The summed E-state index contributed by atoms with van der Waals surface area (Å²) in [4.78, 5) is 13.3. The predicted octanol–water partition coefficient (Wildman–Crippen LogP) is 3.33. The maximum Gasteiger partial charge on any atom is 0.238 e. The van der Waals surface area contributed by atoms with Gasteiger partial charge in [0.2, 0.25) is 15.8 Å². The van der Waals surface area contributed by atoms with Crippen molar-refractivity contribution in [1.29, 1.82) is 0 Å². The highest BCUT2D eigenvalue weighted by molar-refractivity contribution is 7.88. The number of carbonyl (C=O) groups is 1. The molecule has 2 heterocycles. The maximum absolute atomic E-state index is 13.1. The van der Waals surface area contributed by atoms with E-state index in [1.54, 1.807) is 30.3 Å². The minimum Gasteiger partial charge on any atom is -0.461 e. The third-order valence-electron chi connectivity index (χ3n) is 3.34. The van der Waals surface area contributed by atoms with Crippen molar-refractivity contribution in [2.45, 2.75) is 12.3 Å². The number of sulfonamides is 1. The second kappa shape index (κ2) is 7.30. The molecule has 0 radical (unpaired) electrons. The van der Waals surface area contributed by atoms with Crippen molar-refractivity contribution in [3.8, 4) is 0 Å². The van der Waals surface area contributed by atoms with Crippen molar-refractivity contribution in [2.75, 3.05) is 0 Å². The van der Waals surface area contributed by atoms with E-state index in [1.165, 1.54) is 35.8 Å². The first kappa shape index (κ1) is 17.5. The molecule has 2 aromatic heterocycles. The van der Waals surface area contributed by atoms with Crippen LogP contribution in [0.5, 0.6) is 0 Å². The summed E-state index contributed by atoms with van der Waals surface area (Å²) in [7, 11) is -3.62. The summed E-state index contributed by atoms with van der Waals surface area (Å²) in [5.41, 5.74) is 0.368. The Bertz CT molecular complexity index is 978. The first-order chi connectivity index (χ1) is 11.9. The highest BCUT2D eigenvalue weighted by Crippen LogP contribution is 2.20. The highest BCUT2D eigenvalue weighted by atomic mass is 32.2. The summed E-state index contributed by atoms with van der Waals surface area (Å²) in [5.74, 6) is -0.801. The number of hydrogen-bond acceptors (Lipinski definition) is 5. The molecule has 0 unspecified atom stereocenters. The fourth-order valence-electron chi connectivity index (χ4n) is 2.20. The SMILES string of the molecule is O=C(c1ccco1)c1ccc(CNS(=O)(=O)Cc2cccc(F)c2)s1. The van der Waals surface area contributed by atoms with E-state index in [0.29, 0.717) is 15.3 Å². The Hall–Kier alpha value is -2.29. The number of benzene rings is 1. The number of halogens is 1. The highest BCUT2D eigenvalue weighted by Gasteiger charge is 2.16. The molecule has 0 bridgehead atoms. The van der Waals surface area contributed by atoms with Crippen LogP contribution in [0.15, 0.2) is 59.2 Å². The van der Waals surface area contributed by atoms with E-state index in [9.17, 15) is 17.6 Å². The van der Waals surface area contributed by atoms with E-state index >= 15 is 0 Å². The van der Waals surface area contributed by atoms with Gasteiger partial charge in [0.15, 0.2) is 5.76 Å². The van der Waals surface area contributed by atoms with E-state index in [0.717, 1.165) is 0 Å². The number of carbonyl (C=O) groups excluding carboxylic acids is 1. The van der Waals surface area contributed by atoms with E-state index in [-0.39, 0.29) is 23.8 Å². The Morgan fingerprint density at radius 2 is 2.00 bits per heavy atom. The quantitative estimate of drug-likeness (QED) is 0.639. The Morgan fingerprint density at radius 1 is 1.16 bits per heavy atom. The molecule has 0 fully saturated rings. The number of hydrogen-bond donors (Lipinski definition) is 1. The van der Waals surface area contributed by atoms with E-state index in [1.807, 2.05) is 0 Å². The van der Waals surface area contributed by atoms with Crippen LogP contribution in [-0.4, -0.2) is 14.2 Å². The summed E-state index contributed by atoms with van der Waals surface area (Å²) in [6.07, 6.45) is 1.42. The molecule has 3 rings (SSSR count). The zero-order valence-corrected chi connectivity index (χ0v) is 14.6. The van der Waals surface area contributed by atoms with Crippen LogP contribution in [0.4, 0.5) is 4.39 Å². The van der Waals surface area contributed by atoms with Gasteiger partial charge in [0.1, 0.15) is 5.82 Å². The molecule has 1 aromatic carbocycles. The maximum atomic E-state index is 13.1. The zero-order valence-electron chi connectivity index (χ0n) is 12.9. The third-order valence-corrected chi connectivity index (χ3v) is 5.72. The summed E-state index contributed by atoms with van der Waals surface area (Å²) in [6.45, 7) is 0.0632. The summed E-state index contributed by atoms with van der Waals surface area (Å²) in [6, 6.07) is 12.0. The topological polar surface area (TPSA) is 76.4 Å². The number of furan rings is 1. The average Bonchev–Trinajstić information content (AvgIpc) is 3.24. The van der Waals surface area contributed by atoms with E-state index < -0.39 is 15.8 Å². The molecule has 3 aromatic rings. The number of nitrogens with one attached hydrogen (secondary N) is 1. The van der Waals surface area contributed by atoms with Crippen molar-refractivity contribution in [3.63, 3.8) is 0 Å². The van der Waals surface area contributed by atoms with Gasteiger partial charge in [0.25, 0.3) is 0 Å². The molecular weight excluding hydrogens is 365 g/mol. The first-order valence-corrected chi connectivity index (χ1v) is 9.78. The Labute approximate surface area is 148 Å². The van der Waals surface area contributed by atoms with Crippen LogP contribution in [0.1, 0.15) is 25.9 Å². The minimum atomic E-state index is -3.62. The minimum absolute atomic E-state index is 0.0632. The molecule has 0 spiro atoms. The lowest BCUT2D eigenvalue weighted by Crippen LogP contribution is -2.24. The molecule has 5 nitrogen and oxygen atoms in total. The second-order valence-electron chi connectivity index (χ2n) is 5.28. The lowest BCUT2D eigenvalue weighted by atomic mass is 10.2. The summed E-state index contributed by atoms with van der Waals surface area (Å²) in [5, 5.41) is 0. The Morgan fingerprint density at radius 3 is 2.72 bits per heavy atom. The number of thiophene rings is 1. The largest absolute Gasteiger partial charge is 0.461 e. The lowest BCUT2D eigenvalue weighted by molar-refractivity contribution is 0.101. The molecule has 0 aliphatic rings. The fraction of sp³-hybridized carbons (Fsp3) is 0.118. The predicted molar refractivity (Wildman–Crippen MR) is 92.3 cm³/mol. The molecule has 25 heavy (non-hydrogen) atoms. The standard InChI is InChI=1S/C17H14FNO4S2/c18-13-4-1-3-12(9-13)11-25(21,22)19-10-14-6-7-16(24-14)17(20)15-5-2-8-23-15/h1-9,19H,10-11H2. The van der Waals surface area contributed by atoms with Gasteiger partial charge in [-0.15, -0.1) is 11.3 Å². The van der Waals surface area contributed by atoms with Gasteiger partial charge in [0.05, 0.1) is 16.9 Å². The van der Waals surface area contributed by atoms with Gasteiger partial charge in [-0.05, 0) is 42.0 Å². The first-order valence-electron chi connectivity index (χ1n) is 7.32. The summed E-state index contributed by atoms with van der Waals surface area (Å²) >= 11 is 1.19. The number of ketones is 1. The van der Waals surface area contributed by atoms with Crippen molar-refractivity contribution >= 4 is 27.1 Å². The summed E-state index contributed by atoms with van der Waals surface area (Å²) < 4.78 is 44.9. The zero-order chi connectivity index (χ0) is 17.9. The van der Waals surface area contributed by atoms with Gasteiger partial charge >= 0.3 is 0 Å². The van der Waals surface area contributed by atoms with Crippen molar-refractivity contribution in [3.05, 3.63) is 81.7 Å². The van der Waals surface area contributed by atoms with Crippen LogP contribution in [-0.2, 0) is 22.3 Å². The van der Waals surface area contributed by atoms with Gasteiger partial charge in [-0.25, -0.2) is 17.5 Å². The second-order valence-corrected chi connectivity index (χ2v) is 8.26. The van der Waals surface area contributed by atoms with Crippen LogP contribution in [0, 0.1) is 5.82 Å². The van der Waals surface area contributed by atoms with Gasteiger partial charge < -0.3 is 4.42 Å².